The van der Waals surface area contributed by atoms with E-state index in [0.29, 0.717) is 0 Å². The summed E-state index contributed by atoms with van der Waals surface area (Å²) in [5, 5.41) is 4.34. The molecule has 0 aliphatic carbocycles. The van der Waals surface area contributed by atoms with Crippen LogP contribution in [0.3, 0.4) is 0 Å². The number of ketones is 1. The Morgan fingerprint density at radius 2 is 1.83 bits per heavy atom. The molecule has 0 spiro atoms. The van der Waals surface area contributed by atoms with E-state index in [0.717, 1.165) is 25.2 Å². The summed E-state index contributed by atoms with van der Waals surface area (Å²) in [6, 6.07) is 0. The van der Waals surface area contributed by atoms with E-state index in [4.69, 9.17) is 0 Å². The van der Waals surface area contributed by atoms with E-state index in [9.17, 15) is 4.79 Å². The van der Waals surface area contributed by atoms with Gasteiger partial charge in [0.15, 0.2) is 5.78 Å². The number of allylic oxidation sites excluding steroid dienone is 2. The molecule has 0 radical (unpaired) electrons. The van der Waals surface area contributed by atoms with Gasteiger partial charge in [-0.1, -0.05) is 13.3 Å². The fourth-order valence-corrected chi connectivity index (χ4v) is 1.90. The van der Waals surface area contributed by atoms with Crippen molar-refractivity contribution in [3.63, 3.8) is 0 Å². The summed E-state index contributed by atoms with van der Waals surface area (Å²) in [6.07, 6.45) is 5.39. The Kier molecular flexibility index (Phi) is 14.8. The van der Waals surface area contributed by atoms with Crippen LogP contribution in [-0.4, -0.2) is 36.9 Å². The van der Waals surface area contributed by atoms with Crippen molar-refractivity contribution in [3.8, 4) is 0 Å². The number of carbonyl (C=O) groups is 1. The van der Waals surface area contributed by atoms with Gasteiger partial charge in [-0.15, -0.1) is 6.54 Å². The van der Waals surface area contributed by atoms with Gasteiger partial charge in [-0.25, -0.2) is 0 Å². The molecule has 1 aliphatic rings. The number of hydrogen-bond donors (Lipinski definition) is 0. The summed E-state index contributed by atoms with van der Waals surface area (Å²) in [6.45, 7) is 12.9. The van der Waals surface area contributed by atoms with Gasteiger partial charge in [-0.05, 0) is 45.5 Å². The molecule has 0 atom stereocenters. The van der Waals surface area contributed by atoms with E-state index < -0.39 is 0 Å². The van der Waals surface area contributed by atoms with Gasteiger partial charge in [0.2, 0.25) is 0 Å². The van der Waals surface area contributed by atoms with Gasteiger partial charge in [-0.3, -0.25) is 4.79 Å². The van der Waals surface area contributed by atoms with Gasteiger partial charge in [0.1, 0.15) is 0 Å². The maximum Gasteiger partial charge on any atom is 0.151 e. The van der Waals surface area contributed by atoms with Crippen molar-refractivity contribution in [3.05, 3.63) is 24.0 Å². The molecule has 0 bridgehead atoms. The number of likely N-dealkylation sites (tertiary alicyclic amines) is 1. The fourth-order valence-electron chi connectivity index (χ4n) is 1.90. The van der Waals surface area contributed by atoms with Gasteiger partial charge in [-0.2, -0.15) is 12.6 Å². The molecular weight excluding hydrogens is 278 g/mol. The Balaban J connectivity index is 0. The molecule has 18 heavy (non-hydrogen) atoms. The van der Waals surface area contributed by atoms with Gasteiger partial charge < -0.3 is 17.1 Å². The van der Waals surface area contributed by atoms with E-state index in [1.54, 1.807) is 19.9 Å². The summed E-state index contributed by atoms with van der Waals surface area (Å²) in [7, 11) is 0. The predicted octanol–water partition coefficient (Wildman–Crippen LogP) is 3.18. The zero-order chi connectivity index (χ0) is 13.1. The third kappa shape index (κ3) is 10.9. The number of nitrogens with zero attached hydrogens (tertiary/aromatic N) is 2. The summed E-state index contributed by atoms with van der Waals surface area (Å²) < 4.78 is 0. The number of carbonyl (C=O) groups excluding carboxylic acids is 1. The second-order valence-corrected chi connectivity index (χ2v) is 4.18. The van der Waals surface area contributed by atoms with Crippen LogP contribution in [0.5, 0.6) is 0 Å². The van der Waals surface area contributed by atoms with Crippen molar-refractivity contribution in [2.24, 2.45) is 0 Å². The minimum Gasteiger partial charge on any atom is -0.688 e. The molecule has 0 aromatic rings. The average molecular weight is 304 g/mol. The van der Waals surface area contributed by atoms with Crippen LogP contribution in [0, 0.1) is 6.92 Å². The largest absolute Gasteiger partial charge is 0.688 e. The third-order valence-corrected chi connectivity index (χ3v) is 2.60. The van der Waals surface area contributed by atoms with Gasteiger partial charge in [0.05, 0.1) is 0 Å². The number of hydrogen-bond acceptors (Lipinski definition) is 2. The van der Waals surface area contributed by atoms with Crippen molar-refractivity contribution >= 4 is 5.78 Å². The average Bonchev–Trinajstić information content (AvgIpc) is 2.79. The standard InChI is InChI=1S/C12H22N2O.C2H5.Zn/c1-11(10-12(2)15)13-6-5-9-14-7-3-4-8-14;1-2;/h10H,3-9H2,1-2H3,(H,13,15);1H2,2H3;/q;-1;/p-1. The molecule has 0 aromatic heterocycles. The second kappa shape index (κ2) is 13.2. The van der Waals surface area contributed by atoms with Crippen LogP contribution in [0.4, 0.5) is 0 Å². The van der Waals surface area contributed by atoms with Crippen LogP contribution in [0.1, 0.15) is 40.0 Å². The first kappa shape index (κ1) is 20.1. The molecule has 102 valence electrons. The molecule has 1 saturated heterocycles. The maximum absolute atomic E-state index is 10.8. The van der Waals surface area contributed by atoms with Crippen molar-refractivity contribution in [1.82, 2.24) is 4.90 Å². The van der Waals surface area contributed by atoms with Gasteiger partial charge in [0.25, 0.3) is 0 Å². The smallest absolute Gasteiger partial charge is 0.151 e. The van der Waals surface area contributed by atoms with Crippen molar-refractivity contribution in [2.45, 2.75) is 40.0 Å². The minimum absolute atomic E-state index is 0. The molecule has 4 heteroatoms. The van der Waals surface area contributed by atoms with E-state index in [-0.39, 0.29) is 25.3 Å². The second-order valence-electron chi connectivity index (χ2n) is 4.18. The molecule has 0 amide bonds. The van der Waals surface area contributed by atoms with Gasteiger partial charge >= 0.3 is 0 Å². The van der Waals surface area contributed by atoms with Crippen molar-refractivity contribution < 1.29 is 24.3 Å². The Labute approximate surface area is 125 Å². The molecule has 0 unspecified atom stereocenters. The van der Waals surface area contributed by atoms with E-state index in [1.807, 2.05) is 6.92 Å². The van der Waals surface area contributed by atoms with E-state index in [1.165, 1.54) is 25.9 Å². The quantitative estimate of drug-likeness (QED) is 0.327. The maximum atomic E-state index is 10.8. The summed E-state index contributed by atoms with van der Waals surface area (Å²) in [4.78, 5) is 13.2. The van der Waals surface area contributed by atoms with E-state index in [2.05, 4.69) is 17.1 Å². The Morgan fingerprint density at radius 1 is 1.28 bits per heavy atom. The van der Waals surface area contributed by atoms with Crippen LogP contribution in [-0.2, 0) is 24.3 Å². The van der Waals surface area contributed by atoms with Crippen LogP contribution < -0.4 is 0 Å². The topological polar surface area (TPSA) is 34.4 Å². The van der Waals surface area contributed by atoms with Crippen LogP contribution in [0.25, 0.3) is 5.32 Å². The first-order valence-corrected chi connectivity index (χ1v) is 6.48. The van der Waals surface area contributed by atoms with E-state index >= 15 is 0 Å². The molecule has 1 heterocycles. The molecule has 1 rings (SSSR count). The van der Waals surface area contributed by atoms with Crippen molar-refractivity contribution in [1.29, 1.82) is 0 Å². The minimum atomic E-state index is 0. The predicted molar refractivity (Wildman–Crippen MR) is 74.0 cm³/mol. The zero-order valence-corrected chi connectivity index (χ0v) is 15.2. The number of rotatable bonds is 6. The summed E-state index contributed by atoms with van der Waals surface area (Å²) in [5.74, 6) is 0.0794. The van der Waals surface area contributed by atoms with Crippen molar-refractivity contribution in [2.75, 3.05) is 26.2 Å². The first-order valence-electron chi connectivity index (χ1n) is 6.48. The normalized spacial score (nSPS) is 15.4. The molecule has 0 saturated carbocycles. The molecular formula is C14H26N2OZn-2. The van der Waals surface area contributed by atoms with Crippen LogP contribution in [0.2, 0.25) is 0 Å². The third-order valence-electron chi connectivity index (χ3n) is 2.60. The SMILES string of the molecule is CC(=O)C=C(C)[N-]CCCN1CCCC1.[CH2-]C.[Zn]. The molecule has 0 N–H and O–H groups in total. The van der Waals surface area contributed by atoms with Crippen LogP contribution >= 0.6 is 0 Å². The molecule has 3 nitrogen and oxygen atoms in total. The Hall–Kier alpha value is -0.207. The monoisotopic (exact) mass is 302 g/mol. The van der Waals surface area contributed by atoms with Gasteiger partial charge in [0, 0.05) is 19.5 Å². The Morgan fingerprint density at radius 3 is 2.33 bits per heavy atom. The molecule has 1 fully saturated rings. The molecule has 1 aliphatic heterocycles. The Bertz CT molecular complexity index is 236. The first-order chi connectivity index (χ1) is 8.18. The zero-order valence-electron chi connectivity index (χ0n) is 12.2. The molecule has 0 aromatic carbocycles. The fraction of sp³-hybridized carbons (Fsp3) is 0.714. The summed E-state index contributed by atoms with van der Waals surface area (Å²) in [5.41, 5.74) is 0.851. The summed E-state index contributed by atoms with van der Waals surface area (Å²) >= 11 is 0. The van der Waals surface area contributed by atoms with Crippen LogP contribution in [0.15, 0.2) is 11.8 Å².